The molecule has 2 rings (SSSR count). The van der Waals surface area contributed by atoms with Gasteiger partial charge in [-0.15, -0.1) is 11.6 Å². The number of hydrogen-bond acceptors (Lipinski definition) is 10. The number of nitrogens with zero attached hydrogens (tertiary/aromatic N) is 2. The molecular weight excluding hydrogens is 533 g/mol. The number of aromatic nitrogens is 2. The summed E-state index contributed by atoms with van der Waals surface area (Å²) in [7, 11) is -17.7. The number of hydrogen-bond donors (Lipinski definition) is 6. The Labute approximate surface area is 181 Å². The number of ether oxygens (including phenoxy) is 1. The first-order valence-corrected chi connectivity index (χ1v) is 13.0. The normalized spacial score (nSPS) is 30.6. The second kappa shape index (κ2) is 9.29. The minimum absolute atomic E-state index is 0.0503. The molecule has 0 radical (unpaired) electrons. The second-order valence-corrected chi connectivity index (χ2v) is 11.1. The van der Waals surface area contributed by atoms with E-state index >= 15 is 0 Å². The first kappa shape index (κ1) is 27.2. The molecule has 1 aliphatic rings. The number of aliphatic hydroxyl groups excluding tert-OH is 1. The molecule has 1 aliphatic heterocycles. The molecular formula is C11H15ClF2N3O12P3. The number of phosphoric acid groups is 2. The van der Waals surface area contributed by atoms with Gasteiger partial charge in [0.1, 0.15) is 17.5 Å². The first-order valence-electron chi connectivity index (χ1n) is 7.86. The van der Waals surface area contributed by atoms with Crippen LogP contribution in [0.15, 0.2) is 28.7 Å². The third-order valence-electron chi connectivity index (χ3n) is 3.81. The molecule has 0 spiro atoms. The number of nitrogen functional groups attached to an aromatic ring is 1. The van der Waals surface area contributed by atoms with Crippen molar-refractivity contribution in [3.63, 3.8) is 0 Å². The van der Waals surface area contributed by atoms with Crippen LogP contribution in [0.4, 0.5) is 14.6 Å². The zero-order valence-corrected chi connectivity index (χ0v) is 18.7. The van der Waals surface area contributed by atoms with E-state index in [0.717, 1.165) is 12.3 Å². The lowest BCUT2D eigenvalue weighted by molar-refractivity contribution is -0.0616. The highest BCUT2D eigenvalue weighted by atomic mass is 35.5. The summed E-state index contributed by atoms with van der Waals surface area (Å²) < 4.78 is 75.7. The van der Waals surface area contributed by atoms with Gasteiger partial charge in [0.05, 0.1) is 5.88 Å². The lowest BCUT2D eigenvalue weighted by atomic mass is 9.98. The van der Waals surface area contributed by atoms with Gasteiger partial charge >= 0.3 is 28.9 Å². The molecule has 1 saturated heterocycles. The van der Waals surface area contributed by atoms with E-state index in [1.54, 1.807) is 0 Å². The smallest absolute Gasteiger partial charge is 0.386 e. The molecule has 7 N–H and O–H groups in total. The lowest BCUT2D eigenvalue weighted by Crippen LogP contribution is -2.42. The van der Waals surface area contributed by atoms with Crippen LogP contribution >= 0.6 is 34.8 Å². The minimum atomic E-state index is -6.01. The van der Waals surface area contributed by atoms with Gasteiger partial charge in [0.25, 0.3) is 0 Å². The topological polar surface area (TPSA) is 241 Å². The summed E-state index contributed by atoms with van der Waals surface area (Å²) >= 11 is 5.63. The Kier molecular flexibility index (Phi) is 7.90. The van der Waals surface area contributed by atoms with Gasteiger partial charge < -0.3 is 35.2 Å². The van der Waals surface area contributed by atoms with E-state index in [1.807, 2.05) is 0 Å². The van der Waals surface area contributed by atoms with Crippen molar-refractivity contribution in [2.24, 2.45) is 0 Å². The van der Waals surface area contributed by atoms with Gasteiger partial charge in [-0.05, 0) is 12.1 Å². The molecule has 6 atom stereocenters. The van der Waals surface area contributed by atoms with Gasteiger partial charge in [-0.25, -0.2) is 22.6 Å². The van der Waals surface area contributed by atoms with E-state index in [0.29, 0.717) is 4.57 Å². The lowest BCUT2D eigenvalue weighted by Gasteiger charge is -2.26. The van der Waals surface area contributed by atoms with Crippen LogP contribution in [-0.2, 0) is 27.1 Å². The van der Waals surface area contributed by atoms with Crippen LogP contribution in [-0.4, -0.2) is 58.0 Å². The summed E-state index contributed by atoms with van der Waals surface area (Å²) in [6, 6.07) is 1.07. The van der Waals surface area contributed by atoms with Crippen LogP contribution in [0, 0.1) is 0 Å². The summed E-state index contributed by atoms with van der Waals surface area (Å²) in [5.41, 5.74) is -0.786. The summed E-state index contributed by atoms with van der Waals surface area (Å²) in [4.78, 5) is 50.9. The summed E-state index contributed by atoms with van der Waals surface area (Å²) in [5.74, 6) is -1.22. The largest absolute Gasteiger partial charge is 0.488 e. The van der Waals surface area contributed by atoms with Gasteiger partial charge in [0.2, 0.25) is 5.57 Å². The fourth-order valence-corrected chi connectivity index (χ4v) is 6.07. The molecule has 0 saturated carbocycles. The Morgan fingerprint density at radius 1 is 1.34 bits per heavy atom. The van der Waals surface area contributed by atoms with Crippen LogP contribution < -0.4 is 11.4 Å². The Bertz CT molecular complexity index is 1110. The zero-order valence-electron chi connectivity index (χ0n) is 15.2. The molecule has 0 amide bonds. The Balaban J connectivity index is 2.40. The highest BCUT2D eigenvalue weighted by molar-refractivity contribution is 7.69. The summed E-state index contributed by atoms with van der Waals surface area (Å²) in [5, 5.41) is 10.2. The maximum Gasteiger partial charge on any atom is 0.488 e. The van der Waals surface area contributed by atoms with Crippen molar-refractivity contribution >= 4 is 40.7 Å². The van der Waals surface area contributed by atoms with Crippen molar-refractivity contribution in [1.29, 1.82) is 0 Å². The molecule has 0 bridgehead atoms. The van der Waals surface area contributed by atoms with E-state index in [-0.39, 0.29) is 11.9 Å². The van der Waals surface area contributed by atoms with E-state index in [9.17, 15) is 37.3 Å². The third kappa shape index (κ3) is 6.08. The molecule has 1 fully saturated rings. The van der Waals surface area contributed by atoms with Gasteiger partial charge in [0.15, 0.2) is 12.4 Å². The maximum atomic E-state index is 14.7. The molecule has 1 aromatic rings. The van der Waals surface area contributed by atoms with Gasteiger partial charge in [-0.2, -0.15) is 13.7 Å². The molecule has 0 aliphatic carbocycles. The molecule has 182 valence electrons. The van der Waals surface area contributed by atoms with Crippen molar-refractivity contribution in [1.82, 2.24) is 9.55 Å². The van der Waals surface area contributed by atoms with Crippen LogP contribution in [0.3, 0.4) is 0 Å². The summed E-state index contributed by atoms with van der Waals surface area (Å²) in [6.07, 6.45) is -5.91. The molecule has 2 unspecified atom stereocenters. The Hall–Kier alpha value is -1.06. The molecule has 1 aromatic heterocycles. The number of aliphatic hydroxyl groups is 1. The van der Waals surface area contributed by atoms with E-state index in [2.05, 4.69) is 13.6 Å². The number of nitrogens with two attached hydrogens (primary N) is 1. The molecule has 2 heterocycles. The maximum absolute atomic E-state index is 14.7. The van der Waals surface area contributed by atoms with Crippen molar-refractivity contribution in [3.8, 4) is 0 Å². The monoisotopic (exact) mass is 547 g/mol. The zero-order chi connectivity index (χ0) is 24.7. The van der Waals surface area contributed by atoms with Crippen LogP contribution in [0.1, 0.15) is 6.23 Å². The molecule has 0 aromatic carbocycles. The fourth-order valence-electron chi connectivity index (χ4n) is 2.49. The average molecular weight is 548 g/mol. The van der Waals surface area contributed by atoms with E-state index in [4.69, 9.17) is 36.8 Å². The Morgan fingerprint density at radius 2 is 1.94 bits per heavy atom. The highest BCUT2D eigenvalue weighted by Gasteiger charge is 2.56. The molecule has 32 heavy (non-hydrogen) atoms. The predicted molar refractivity (Wildman–Crippen MR) is 100 cm³/mol. The van der Waals surface area contributed by atoms with Crippen molar-refractivity contribution in [2.75, 3.05) is 11.6 Å². The summed E-state index contributed by atoms with van der Waals surface area (Å²) in [6.45, 7) is 0. The van der Waals surface area contributed by atoms with Gasteiger partial charge in [-0.3, -0.25) is 9.13 Å². The van der Waals surface area contributed by atoms with Gasteiger partial charge in [-0.1, -0.05) is 0 Å². The van der Waals surface area contributed by atoms with Crippen molar-refractivity contribution in [3.05, 3.63) is 34.4 Å². The number of alkyl halides is 2. The standard InChI is InChI=1S/C11H15ClF2N3O12P3/c12-4-11(3-5(13)30(20,21)28-32(25,26)29-31(22,23)24)8(18)7(14)9(27-11)17-2-1-6(15)16-10(17)19/h1-3,7-9,18H,4H2,(H,20,21)(H,25,26)(H2,15,16,19)(H2,22,23,24)/b5-3+/t7-,8+,9-,11+/m1/s1. The van der Waals surface area contributed by atoms with Crippen LogP contribution in [0.25, 0.3) is 0 Å². The predicted octanol–water partition coefficient (Wildman–Crippen LogP) is 0.253. The first-order chi connectivity index (χ1) is 14.4. The van der Waals surface area contributed by atoms with Crippen molar-refractivity contribution < 1.29 is 60.5 Å². The fraction of sp³-hybridized carbons (Fsp3) is 0.455. The number of rotatable bonds is 8. The number of anilines is 1. The third-order valence-corrected chi connectivity index (χ3v) is 8.28. The minimum Gasteiger partial charge on any atom is -0.386 e. The quantitative estimate of drug-likeness (QED) is 0.189. The van der Waals surface area contributed by atoms with E-state index < -0.39 is 64.5 Å². The SMILES string of the molecule is Nc1ccn([C@@H]2O[C@@](/C=C(\F)P(=O)(O)OP(=O)(O)OP(=O)(O)O)(CCl)[C@@H](O)[C@H]2F)c(=O)n1. The highest BCUT2D eigenvalue weighted by Crippen LogP contribution is 2.69. The Morgan fingerprint density at radius 3 is 2.44 bits per heavy atom. The van der Waals surface area contributed by atoms with Crippen molar-refractivity contribution in [2.45, 2.75) is 24.1 Å². The number of halogens is 3. The van der Waals surface area contributed by atoms with Crippen LogP contribution in [0.5, 0.6) is 0 Å². The second-order valence-electron chi connectivity index (χ2n) is 6.14. The van der Waals surface area contributed by atoms with Gasteiger partial charge in [0, 0.05) is 6.20 Å². The molecule has 15 nitrogen and oxygen atoms in total. The van der Waals surface area contributed by atoms with Crippen LogP contribution in [0.2, 0.25) is 0 Å². The average Bonchev–Trinajstić information content (AvgIpc) is 2.84. The molecule has 21 heteroatoms. The van der Waals surface area contributed by atoms with E-state index in [1.165, 1.54) is 0 Å².